The average molecular weight is 359 g/mol. The fourth-order valence-corrected chi connectivity index (χ4v) is 3.48. The van der Waals surface area contributed by atoms with Crippen molar-refractivity contribution in [3.8, 4) is 0 Å². The summed E-state index contributed by atoms with van der Waals surface area (Å²) < 4.78 is 2.12. The van der Waals surface area contributed by atoms with Crippen molar-refractivity contribution < 1.29 is 4.79 Å². The molecule has 6 nitrogen and oxygen atoms in total. The maximum Gasteiger partial charge on any atom is 0.271 e. The lowest BCUT2D eigenvalue weighted by Gasteiger charge is -2.03. The number of carbonyl (C=O) groups excluding carboxylic acids is 1. The SMILES string of the molecule is CCn1c(C)nc2cc(C(=O)NN=Cc3c(C)[nH]c4ccccc34)ccc21. The number of amides is 1. The number of aromatic nitrogens is 3. The highest BCUT2D eigenvalue weighted by Crippen LogP contribution is 2.20. The number of hydrogen-bond donors (Lipinski definition) is 2. The van der Waals surface area contributed by atoms with E-state index in [0.29, 0.717) is 5.56 Å². The van der Waals surface area contributed by atoms with Crippen LogP contribution in [0, 0.1) is 13.8 Å². The van der Waals surface area contributed by atoms with Crippen LogP contribution in [0.1, 0.15) is 34.4 Å². The minimum Gasteiger partial charge on any atom is -0.358 e. The van der Waals surface area contributed by atoms with Gasteiger partial charge < -0.3 is 9.55 Å². The molecule has 6 heteroatoms. The Bertz CT molecular complexity index is 1180. The predicted octanol–water partition coefficient (Wildman–Crippen LogP) is 3.92. The molecule has 2 aromatic heterocycles. The normalized spacial score (nSPS) is 11.7. The molecule has 1 amide bonds. The van der Waals surface area contributed by atoms with Gasteiger partial charge in [-0.05, 0) is 45.0 Å². The van der Waals surface area contributed by atoms with Crippen molar-refractivity contribution in [2.24, 2.45) is 5.10 Å². The molecule has 0 spiro atoms. The Kier molecular flexibility index (Phi) is 4.24. The van der Waals surface area contributed by atoms with Crippen LogP contribution >= 0.6 is 0 Å². The molecule has 0 atom stereocenters. The molecule has 0 bridgehead atoms. The van der Waals surface area contributed by atoms with Crippen molar-refractivity contribution in [1.29, 1.82) is 0 Å². The van der Waals surface area contributed by atoms with Gasteiger partial charge in [-0.15, -0.1) is 0 Å². The number of aryl methyl sites for hydroxylation is 3. The zero-order valence-corrected chi connectivity index (χ0v) is 15.6. The molecule has 0 aliphatic carbocycles. The molecule has 0 saturated heterocycles. The molecule has 0 unspecified atom stereocenters. The fraction of sp³-hybridized carbons (Fsp3) is 0.190. The van der Waals surface area contributed by atoms with E-state index < -0.39 is 0 Å². The van der Waals surface area contributed by atoms with Gasteiger partial charge >= 0.3 is 0 Å². The first kappa shape index (κ1) is 17.0. The van der Waals surface area contributed by atoms with Gasteiger partial charge in [-0.25, -0.2) is 10.4 Å². The molecule has 27 heavy (non-hydrogen) atoms. The van der Waals surface area contributed by atoms with Crippen LogP contribution in [0.5, 0.6) is 0 Å². The Morgan fingerprint density at radius 2 is 2.07 bits per heavy atom. The zero-order chi connectivity index (χ0) is 19.0. The number of aromatic amines is 1. The zero-order valence-electron chi connectivity index (χ0n) is 15.6. The highest BCUT2D eigenvalue weighted by molar-refractivity contribution is 6.02. The number of benzene rings is 2. The fourth-order valence-electron chi connectivity index (χ4n) is 3.48. The van der Waals surface area contributed by atoms with E-state index in [2.05, 4.69) is 32.0 Å². The summed E-state index contributed by atoms with van der Waals surface area (Å²) in [4.78, 5) is 20.3. The molecule has 0 saturated carbocycles. The number of hydrogen-bond acceptors (Lipinski definition) is 3. The topological polar surface area (TPSA) is 75.1 Å². The molecular weight excluding hydrogens is 338 g/mol. The van der Waals surface area contributed by atoms with E-state index in [1.54, 1.807) is 18.3 Å². The van der Waals surface area contributed by atoms with Gasteiger partial charge in [0.15, 0.2) is 0 Å². The molecule has 136 valence electrons. The van der Waals surface area contributed by atoms with Gasteiger partial charge in [0.25, 0.3) is 5.91 Å². The van der Waals surface area contributed by atoms with E-state index in [4.69, 9.17) is 0 Å². The highest BCUT2D eigenvalue weighted by Gasteiger charge is 2.11. The lowest BCUT2D eigenvalue weighted by Crippen LogP contribution is -2.17. The van der Waals surface area contributed by atoms with Crippen molar-refractivity contribution in [2.75, 3.05) is 0 Å². The van der Waals surface area contributed by atoms with E-state index in [1.807, 2.05) is 44.2 Å². The predicted molar refractivity (Wildman–Crippen MR) is 108 cm³/mol. The summed E-state index contributed by atoms with van der Waals surface area (Å²) in [5, 5.41) is 5.23. The third-order valence-electron chi connectivity index (χ3n) is 4.82. The van der Waals surface area contributed by atoms with Crippen LogP contribution in [0.3, 0.4) is 0 Å². The summed E-state index contributed by atoms with van der Waals surface area (Å²) in [7, 11) is 0. The number of rotatable bonds is 4. The maximum absolute atomic E-state index is 12.5. The van der Waals surface area contributed by atoms with Gasteiger partial charge in [0.2, 0.25) is 0 Å². The molecule has 2 heterocycles. The lowest BCUT2D eigenvalue weighted by molar-refractivity contribution is 0.0955. The van der Waals surface area contributed by atoms with Crippen molar-refractivity contribution in [3.63, 3.8) is 0 Å². The molecule has 4 aromatic rings. The van der Waals surface area contributed by atoms with Crippen LogP contribution in [-0.4, -0.2) is 26.7 Å². The van der Waals surface area contributed by atoms with Gasteiger partial charge in [0, 0.05) is 34.3 Å². The van der Waals surface area contributed by atoms with Crippen LogP contribution < -0.4 is 5.43 Å². The number of hydrazone groups is 1. The smallest absolute Gasteiger partial charge is 0.271 e. The largest absolute Gasteiger partial charge is 0.358 e. The third kappa shape index (κ3) is 2.99. The summed E-state index contributed by atoms with van der Waals surface area (Å²) in [5.41, 5.74) is 8.03. The Hall–Kier alpha value is -3.41. The maximum atomic E-state index is 12.5. The number of imidazole rings is 1. The Balaban J connectivity index is 1.56. The van der Waals surface area contributed by atoms with Crippen LogP contribution in [0.2, 0.25) is 0 Å². The van der Waals surface area contributed by atoms with E-state index in [9.17, 15) is 4.79 Å². The minimum absolute atomic E-state index is 0.255. The van der Waals surface area contributed by atoms with E-state index in [1.165, 1.54) is 0 Å². The summed E-state index contributed by atoms with van der Waals surface area (Å²) >= 11 is 0. The molecule has 0 fully saturated rings. The third-order valence-corrected chi connectivity index (χ3v) is 4.82. The number of fused-ring (bicyclic) bond motifs is 2. The second kappa shape index (κ2) is 6.72. The number of carbonyl (C=O) groups is 1. The molecule has 2 aromatic carbocycles. The number of nitrogens with one attached hydrogen (secondary N) is 2. The van der Waals surface area contributed by atoms with Gasteiger partial charge in [-0.2, -0.15) is 5.10 Å². The average Bonchev–Trinajstić information content (AvgIpc) is 3.16. The summed E-state index contributed by atoms with van der Waals surface area (Å²) in [6.45, 7) is 6.89. The first-order valence-electron chi connectivity index (χ1n) is 8.96. The van der Waals surface area contributed by atoms with Crippen molar-refractivity contribution in [2.45, 2.75) is 27.3 Å². The summed E-state index contributed by atoms with van der Waals surface area (Å²) in [6, 6.07) is 13.6. The van der Waals surface area contributed by atoms with Crippen LogP contribution in [0.15, 0.2) is 47.6 Å². The monoisotopic (exact) mass is 359 g/mol. The quantitative estimate of drug-likeness (QED) is 0.428. The van der Waals surface area contributed by atoms with E-state index in [0.717, 1.165) is 45.6 Å². The van der Waals surface area contributed by atoms with Gasteiger partial charge in [-0.3, -0.25) is 4.79 Å². The second-order valence-electron chi connectivity index (χ2n) is 6.52. The number of H-pyrrole nitrogens is 1. The summed E-state index contributed by atoms with van der Waals surface area (Å²) in [5.74, 6) is 0.687. The standard InChI is InChI=1S/C21H21N5O/c1-4-26-14(3)24-19-11-15(9-10-20(19)26)21(27)25-22-12-17-13(2)23-18-8-6-5-7-16(17)18/h5-12,23H,4H2,1-3H3,(H,25,27). The van der Waals surface area contributed by atoms with E-state index >= 15 is 0 Å². The molecule has 0 radical (unpaired) electrons. The molecule has 0 aliphatic rings. The van der Waals surface area contributed by atoms with Crippen LogP contribution in [0.4, 0.5) is 0 Å². The van der Waals surface area contributed by atoms with E-state index in [-0.39, 0.29) is 5.91 Å². The van der Waals surface area contributed by atoms with Crippen molar-refractivity contribution in [1.82, 2.24) is 20.0 Å². The van der Waals surface area contributed by atoms with Gasteiger partial charge in [-0.1, -0.05) is 18.2 Å². The Morgan fingerprint density at radius 1 is 1.26 bits per heavy atom. The first-order chi connectivity index (χ1) is 13.1. The highest BCUT2D eigenvalue weighted by atomic mass is 16.2. The number of nitrogens with zero attached hydrogens (tertiary/aromatic N) is 3. The summed E-state index contributed by atoms with van der Waals surface area (Å²) in [6.07, 6.45) is 1.68. The lowest BCUT2D eigenvalue weighted by atomic mass is 10.1. The molecular formula is C21H21N5O. The minimum atomic E-state index is -0.255. The Labute approximate surface area is 156 Å². The van der Waals surface area contributed by atoms with Gasteiger partial charge in [0.05, 0.1) is 17.2 Å². The Morgan fingerprint density at radius 3 is 2.89 bits per heavy atom. The molecule has 4 rings (SSSR count). The molecule has 0 aliphatic heterocycles. The van der Waals surface area contributed by atoms with Gasteiger partial charge in [0.1, 0.15) is 5.82 Å². The number of para-hydroxylation sites is 1. The van der Waals surface area contributed by atoms with Crippen molar-refractivity contribution in [3.05, 3.63) is 65.1 Å². The van der Waals surface area contributed by atoms with Crippen LogP contribution in [0.25, 0.3) is 21.9 Å². The van der Waals surface area contributed by atoms with Crippen LogP contribution in [-0.2, 0) is 6.54 Å². The molecule has 2 N–H and O–H groups in total. The second-order valence-corrected chi connectivity index (χ2v) is 6.52. The van der Waals surface area contributed by atoms with Crippen molar-refractivity contribution >= 4 is 34.1 Å². The first-order valence-corrected chi connectivity index (χ1v) is 8.96.